The number of nitrogens with zero attached hydrogens (tertiary/aromatic N) is 4. The molecule has 0 radical (unpaired) electrons. The first-order valence-electron chi connectivity index (χ1n) is 8.91. The molecule has 1 amide bonds. The quantitative estimate of drug-likeness (QED) is 0.485. The lowest BCUT2D eigenvalue weighted by Gasteiger charge is -2.13. The van der Waals surface area contributed by atoms with E-state index in [1.54, 1.807) is 36.7 Å². The molecule has 0 aliphatic heterocycles. The molecule has 3 rings (SSSR count). The topological polar surface area (TPSA) is 89.8 Å². The van der Waals surface area contributed by atoms with Gasteiger partial charge in [0.2, 0.25) is 5.91 Å². The highest BCUT2D eigenvalue weighted by atomic mass is 32.2. The summed E-state index contributed by atoms with van der Waals surface area (Å²) in [5.41, 5.74) is 2.08. The zero-order valence-electron chi connectivity index (χ0n) is 15.9. The highest BCUT2D eigenvalue weighted by molar-refractivity contribution is 8.00. The number of carbonyl (C=O) groups is 2. The van der Waals surface area contributed by atoms with Crippen molar-refractivity contribution in [3.63, 3.8) is 0 Å². The van der Waals surface area contributed by atoms with Crippen molar-refractivity contribution >= 4 is 29.1 Å². The fourth-order valence-corrected chi connectivity index (χ4v) is 3.56. The van der Waals surface area contributed by atoms with Gasteiger partial charge in [-0.25, -0.2) is 0 Å². The Morgan fingerprint density at radius 1 is 1.18 bits per heavy atom. The summed E-state index contributed by atoms with van der Waals surface area (Å²) in [6.07, 6.45) is 3.42. The van der Waals surface area contributed by atoms with E-state index in [1.807, 2.05) is 30.5 Å². The fraction of sp³-hybridized carbons (Fsp3) is 0.250. The van der Waals surface area contributed by atoms with E-state index in [-0.39, 0.29) is 16.9 Å². The smallest absolute Gasteiger partial charge is 0.237 e. The predicted octanol–water partition coefficient (Wildman–Crippen LogP) is 3.68. The van der Waals surface area contributed by atoms with Gasteiger partial charge in [0.25, 0.3) is 0 Å². The van der Waals surface area contributed by atoms with Crippen LogP contribution in [0.2, 0.25) is 0 Å². The highest BCUT2D eigenvalue weighted by Gasteiger charge is 2.20. The molecule has 8 heteroatoms. The summed E-state index contributed by atoms with van der Waals surface area (Å²) >= 11 is 1.34. The molecule has 7 nitrogen and oxygen atoms in total. The third-order valence-electron chi connectivity index (χ3n) is 4.16. The monoisotopic (exact) mass is 395 g/mol. The normalized spacial score (nSPS) is 11.8. The standard InChI is InChI=1S/C20H21N5O2S/c1-4-25-18(15-8-10-21-11-9-15)23-24-20(25)28-14(3)19(27)22-17-7-5-6-16(12-17)13(2)26/h5-12,14H,4H2,1-3H3,(H,22,27)/t14-/m0/s1. The van der Waals surface area contributed by atoms with Crippen molar-refractivity contribution < 1.29 is 9.59 Å². The first-order chi connectivity index (χ1) is 13.5. The van der Waals surface area contributed by atoms with Crippen molar-refractivity contribution in [3.8, 4) is 11.4 Å². The number of nitrogens with one attached hydrogen (secondary N) is 1. The average Bonchev–Trinajstić information content (AvgIpc) is 3.11. The lowest BCUT2D eigenvalue weighted by molar-refractivity contribution is -0.115. The van der Waals surface area contributed by atoms with Gasteiger partial charge in [-0.2, -0.15) is 0 Å². The predicted molar refractivity (Wildman–Crippen MR) is 109 cm³/mol. The van der Waals surface area contributed by atoms with Gasteiger partial charge in [0, 0.05) is 35.8 Å². The minimum atomic E-state index is -0.388. The molecule has 28 heavy (non-hydrogen) atoms. The van der Waals surface area contributed by atoms with Gasteiger partial charge in [-0.3, -0.25) is 14.6 Å². The zero-order chi connectivity index (χ0) is 20.1. The molecule has 1 aromatic carbocycles. The van der Waals surface area contributed by atoms with E-state index in [2.05, 4.69) is 20.5 Å². The Morgan fingerprint density at radius 3 is 2.61 bits per heavy atom. The second kappa shape index (κ2) is 8.79. The Kier molecular flexibility index (Phi) is 6.20. The summed E-state index contributed by atoms with van der Waals surface area (Å²) in [4.78, 5) is 28.1. The molecule has 0 bridgehead atoms. The number of ketones is 1. The number of hydrogen-bond acceptors (Lipinski definition) is 6. The van der Waals surface area contributed by atoms with Crippen LogP contribution >= 0.6 is 11.8 Å². The Balaban J connectivity index is 1.73. The molecule has 1 atom stereocenters. The van der Waals surface area contributed by atoms with Gasteiger partial charge < -0.3 is 9.88 Å². The van der Waals surface area contributed by atoms with Crippen LogP contribution in [0.25, 0.3) is 11.4 Å². The number of pyridine rings is 1. The Hall–Kier alpha value is -3.00. The van der Waals surface area contributed by atoms with Gasteiger partial charge >= 0.3 is 0 Å². The summed E-state index contributed by atoms with van der Waals surface area (Å²) in [7, 11) is 0. The van der Waals surface area contributed by atoms with Gasteiger partial charge in [0.1, 0.15) is 0 Å². The molecule has 1 N–H and O–H groups in total. The van der Waals surface area contributed by atoms with Crippen LogP contribution in [0.5, 0.6) is 0 Å². The molecular formula is C20H21N5O2S. The van der Waals surface area contributed by atoms with Crippen molar-refractivity contribution in [1.29, 1.82) is 0 Å². The number of amides is 1. The Bertz CT molecular complexity index is 987. The number of Topliss-reactive ketones (excluding diaryl/α,β-unsaturated/α-hetero) is 1. The van der Waals surface area contributed by atoms with Crippen molar-refractivity contribution in [2.45, 2.75) is 37.7 Å². The van der Waals surface area contributed by atoms with Gasteiger partial charge in [0.05, 0.1) is 5.25 Å². The van der Waals surface area contributed by atoms with Crippen LogP contribution < -0.4 is 5.32 Å². The maximum Gasteiger partial charge on any atom is 0.237 e. The summed E-state index contributed by atoms with van der Waals surface area (Å²) in [5.74, 6) is 0.536. The van der Waals surface area contributed by atoms with Crippen molar-refractivity contribution in [2.75, 3.05) is 5.32 Å². The third kappa shape index (κ3) is 4.45. The van der Waals surface area contributed by atoms with Gasteiger partial charge in [-0.1, -0.05) is 23.9 Å². The highest BCUT2D eigenvalue weighted by Crippen LogP contribution is 2.27. The number of thioether (sulfide) groups is 1. The van der Waals surface area contributed by atoms with Gasteiger partial charge in [-0.15, -0.1) is 10.2 Å². The van der Waals surface area contributed by atoms with E-state index in [9.17, 15) is 9.59 Å². The molecule has 2 aromatic heterocycles. The minimum Gasteiger partial charge on any atom is -0.325 e. The van der Waals surface area contributed by atoms with Crippen LogP contribution in [-0.4, -0.2) is 36.7 Å². The van der Waals surface area contributed by atoms with E-state index in [4.69, 9.17) is 0 Å². The lowest BCUT2D eigenvalue weighted by Crippen LogP contribution is -2.23. The van der Waals surface area contributed by atoms with E-state index >= 15 is 0 Å². The maximum atomic E-state index is 12.6. The summed E-state index contributed by atoms with van der Waals surface area (Å²) in [5, 5.41) is 11.7. The SMILES string of the molecule is CCn1c(S[C@@H](C)C(=O)Nc2cccc(C(C)=O)c2)nnc1-c1ccncc1. The minimum absolute atomic E-state index is 0.0433. The summed E-state index contributed by atoms with van der Waals surface area (Å²) < 4.78 is 1.97. The first kappa shape index (κ1) is 19.8. The van der Waals surface area contributed by atoms with E-state index < -0.39 is 0 Å². The van der Waals surface area contributed by atoms with Crippen LogP contribution in [-0.2, 0) is 11.3 Å². The Labute approximate surface area is 167 Å². The van der Waals surface area contributed by atoms with Crippen LogP contribution in [0.15, 0.2) is 53.9 Å². The number of rotatable bonds is 7. The number of anilines is 1. The van der Waals surface area contributed by atoms with Crippen LogP contribution in [0, 0.1) is 0 Å². The molecule has 0 fully saturated rings. The molecule has 3 aromatic rings. The number of carbonyl (C=O) groups excluding carboxylic acids is 2. The number of benzene rings is 1. The number of aromatic nitrogens is 4. The number of hydrogen-bond donors (Lipinski definition) is 1. The molecule has 2 heterocycles. The molecule has 0 unspecified atom stereocenters. The fourth-order valence-electron chi connectivity index (χ4n) is 2.65. The van der Waals surface area contributed by atoms with Gasteiger partial charge in [-0.05, 0) is 45.0 Å². The second-order valence-electron chi connectivity index (χ2n) is 6.17. The van der Waals surface area contributed by atoms with E-state index in [1.165, 1.54) is 18.7 Å². The molecule has 0 saturated heterocycles. The van der Waals surface area contributed by atoms with Crippen LogP contribution in [0.4, 0.5) is 5.69 Å². The van der Waals surface area contributed by atoms with Crippen molar-refractivity contribution in [1.82, 2.24) is 19.7 Å². The molecule has 0 saturated carbocycles. The lowest BCUT2D eigenvalue weighted by atomic mass is 10.1. The molecule has 144 valence electrons. The molecule has 0 aliphatic carbocycles. The molecule has 0 spiro atoms. The van der Waals surface area contributed by atoms with Crippen molar-refractivity contribution in [3.05, 3.63) is 54.4 Å². The zero-order valence-corrected chi connectivity index (χ0v) is 16.7. The van der Waals surface area contributed by atoms with Crippen LogP contribution in [0.3, 0.4) is 0 Å². The average molecular weight is 395 g/mol. The molecule has 0 aliphatic rings. The van der Waals surface area contributed by atoms with Crippen LogP contribution in [0.1, 0.15) is 31.1 Å². The summed E-state index contributed by atoms with van der Waals surface area (Å²) in [6, 6.07) is 10.7. The van der Waals surface area contributed by atoms with Crippen molar-refractivity contribution in [2.24, 2.45) is 0 Å². The first-order valence-corrected chi connectivity index (χ1v) is 9.79. The second-order valence-corrected chi connectivity index (χ2v) is 7.48. The third-order valence-corrected chi connectivity index (χ3v) is 5.24. The van der Waals surface area contributed by atoms with E-state index in [0.717, 1.165) is 11.4 Å². The van der Waals surface area contributed by atoms with Gasteiger partial charge in [0.15, 0.2) is 16.8 Å². The summed E-state index contributed by atoms with van der Waals surface area (Å²) in [6.45, 7) is 6.01. The largest absolute Gasteiger partial charge is 0.325 e. The maximum absolute atomic E-state index is 12.6. The molecular weight excluding hydrogens is 374 g/mol. The van der Waals surface area contributed by atoms with E-state index in [0.29, 0.717) is 23.0 Å². The Morgan fingerprint density at radius 2 is 1.93 bits per heavy atom.